The first-order valence-corrected chi connectivity index (χ1v) is 7.62. The Labute approximate surface area is 140 Å². The molecule has 5 nitrogen and oxygen atoms in total. The first-order valence-electron chi connectivity index (χ1n) is 7.24. The molecule has 0 aliphatic heterocycles. The van der Waals surface area contributed by atoms with Crippen LogP contribution in [0, 0.1) is 13.8 Å². The number of hydrogen-bond acceptors (Lipinski definition) is 4. The quantitative estimate of drug-likeness (QED) is 0.733. The molecule has 2 aromatic rings. The maximum atomic E-state index is 12.4. The molecule has 1 aromatic heterocycles. The van der Waals surface area contributed by atoms with Crippen LogP contribution in [0.3, 0.4) is 0 Å². The number of rotatable bonds is 5. The molecule has 0 unspecified atom stereocenters. The van der Waals surface area contributed by atoms with Crippen LogP contribution in [-0.2, 0) is 6.42 Å². The third-order valence-corrected chi connectivity index (χ3v) is 3.78. The lowest BCUT2D eigenvalue weighted by Gasteiger charge is -2.18. The van der Waals surface area contributed by atoms with Gasteiger partial charge in [0.25, 0.3) is 5.91 Å². The number of aromatic hydroxyl groups is 1. The minimum atomic E-state index is -0.455. The van der Waals surface area contributed by atoms with Crippen LogP contribution in [0.1, 0.15) is 27.2 Å². The lowest BCUT2D eigenvalue weighted by atomic mass is 10.0. The Kier molecular flexibility index (Phi) is 5.58. The topological polar surface area (TPSA) is 82.5 Å². The summed E-state index contributed by atoms with van der Waals surface area (Å²) < 4.78 is 0. The van der Waals surface area contributed by atoms with E-state index in [4.69, 9.17) is 11.6 Å². The summed E-state index contributed by atoms with van der Waals surface area (Å²) in [5.41, 5.74) is 2.70. The number of aromatic nitrogens is 1. The fourth-order valence-electron chi connectivity index (χ4n) is 2.40. The Morgan fingerprint density at radius 1 is 1.30 bits per heavy atom. The molecule has 122 valence electrons. The molecule has 0 aliphatic rings. The summed E-state index contributed by atoms with van der Waals surface area (Å²) in [5.74, 6) is -0.190. The molecule has 2 rings (SSSR count). The van der Waals surface area contributed by atoms with Crippen molar-refractivity contribution in [3.8, 4) is 5.75 Å². The minimum absolute atomic E-state index is 0.154. The molecular weight excluding hydrogens is 316 g/mol. The number of hydrogen-bond donors (Lipinski definition) is 3. The highest BCUT2D eigenvalue weighted by Gasteiger charge is 2.19. The Morgan fingerprint density at radius 3 is 2.52 bits per heavy atom. The Balaban J connectivity index is 2.12. The number of pyridine rings is 1. The van der Waals surface area contributed by atoms with E-state index in [2.05, 4.69) is 10.3 Å². The van der Waals surface area contributed by atoms with Crippen LogP contribution in [0.25, 0.3) is 0 Å². The number of aryl methyl sites for hydroxylation is 2. The number of phenolic OH excluding ortho intramolecular Hbond substituents is 1. The molecule has 0 spiro atoms. The first kappa shape index (κ1) is 17.2. The van der Waals surface area contributed by atoms with E-state index in [1.165, 1.54) is 0 Å². The van der Waals surface area contributed by atoms with Gasteiger partial charge in [-0.2, -0.15) is 0 Å². The van der Waals surface area contributed by atoms with E-state index in [0.29, 0.717) is 12.0 Å². The maximum absolute atomic E-state index is 12.4. The van der Waals surface area contributed by atoms with Gasteiger partial charge in [0.05, 0.1) is 18.2 Å². The monoisotopic (exact) mass is 334 g/mol. The lowest BCUT2D eigenvalue weighted by molar-refractivity contribution is 0.0915. The molecule has 0 radical (unpaired) electrons. The molecule has 0 saturated heterocycles. The number of nitrogens with one attached hydrogen (secondary N) is 1. The van der Waals surface area contributed by atoms with Crippen LogP contribution >= 0.6 is 11.6 Å². The molecule has 1 aromatic carbocycles. The standard InChI is InChI=1S/C17H19ClN2O3/c1-10-7-11(2)19-16(18)15(10)17(23)20-13(9-21)8-12-3-5-14(22)6-4-12/h3-7,13,21-22H,8-9H2,1-2H3,(H,20,23)/t13-/m0/s1. The summed E-state index contributed by atoms with van der Waals surface area (Å²) in [6.07, 6.45) is 0.443. The third kappa shape index (κ3) is 4.43. The Hall–Kier alpha value is -2.11. The van der Waals surface area contributed by atoms with Gasteiger partial charge in [0.2, 0.25) is 0 Å². The highest BCUT2D eigenvalue weighted by atomic mass is 35.5. The van der Waals surface area contributed by atoms with Crippen molar-refractivity contribution in [2.75, 3.05) is 6.61 Å². The third-order valence-electron chi connectivity index (χ3n) is 3.50. The summed E-state index contributed by atoms with van der Waals surface area (Å²) in [6, 6.07) is 7.96. The van der Waals surface area contributed by atoms with Gasteiger partial charge in [-0.15, -0.1) is 0 Å². The van der Waals surface area contributed by atoms with Crippen molar-refractivity contribution < 1.29 is 15.0 Å². The molecule has 0 fully saturated rings. The van der Waals surface area contributed by atoms with Gasteiger partial charge in [0.15, 0.2) is 0 Å². The van der Waals surface area contributed by atoms with Crippen molar-refractivity contribution in [2.24, 2.45) is 0 Å². The lowest BCUT2D eigenvalue weighted by Crippen LogP contribution is -2.39. The molecule has 1 amide bonds. The fourth-order valence-corrected chi connectivity index (χ4v) is 2.77. The van der Waals surface area contributed by atoms with Crippen LogP contribution < -0.4 is 5.32 Å². The smallest absolute Gasteiger partial charge is 0.254 e. The van der Waals surface area contributed by atoms with E-state index in [-0.39, 0.29) is 23.4 Å². The predicted octanol–water partition coefficient (Wildman–Crippen LogP) is 2.39. The molecular formula is C17H19ClN2O3. The minimum Gasteiger partial charge on any atom is -0.508 e. The van der Waals surface area contributed by atoms with Gasteiger partial charge in [0, 0.05) is 5.69 Å². The molecule has 6 heteroatoms. The van der Waals surface area contributed by atoms with Crippen molar-refractivity contribution in [3.05, 3.63) is 57.9 Å². The second kappa shape index (κ2) is 7.44. The highest BCUT2D eigenvalue weighted by molar-refractivity contribution is 6.32. The average molecular weight is 335 g/mol. The molecule has 1 atom stereocenters. The second-order valence-corrected chi connectivity index (χ2v) is 5.83. The predicted molar refractivity (Wildman–Crippen MR) is 88.9 cm³/mol. The summed E-state index contributed by atoms with van der Waals surface area (Å²) in [7, 11) is 0. The number of carbonyl (C=O) groups is 1. The summed E-state index contributed by atoms with van der Waals surface area (Å²) in [4.78, 5) is 16.5. The SMILES string of the molecule is Cc1cc(C)c(C(=O)N[C@H](CO)Cc2ccc(O)cc2)c(Cl)n1. The van der Waals surface area contributed by atoms with Gasteiger partial charge in [-0.05, 0) is 49.6 Å². The van der Waals surface area contributed by atoms with E-state index >= 15 is 0 Å². The van der Waals surface area contributed by atoms with E-state index < -0.39 is 6.04 Å². The number of phenols is 1. The summed E-state index contributed by atoms with van der Waals surface area (Å²) in [5, 5.41) is 21.7. The van der Waals surface area contributed by atoms with E-state index in [1.54, 1.807) is 37.3 Å². The van der Waals surface area contributed by atoms with Crippen LogP contribution in [0.4, 0.5) is 0 Å². The zero-order chi connectivity index (χ0) is 17.0. The molecule has 0 saturated carbocycles. The Bertz CT molecular complexity index is 678. The largest absolute Gasteiger partial charge is 0.508 e. The van der Waals surface area contributed by atoms with Crippen molar-refractivity contribution in [3.63, 3.8) is 0 Å². The number of nitrogens with zero attached hydrogens (tertiary/aromatic N) is 1. The van der Waals surface area contributed by atoms with Crippen LogP contribution in [0.2, 0.25) is 5.15 Å². The van der Waals surface area contributed by atoms with Crippen molar-refractivity contribution in [2.45, 2.75) is 26.3 Å². The van der Waals surface area contributed by atoms with Crippen molar-refractivity contribution in [1.29, 1.82) is 0 Å². The normalized spacial score (nSPS) is 12.0. The van der Waals surface area contributed by atoms with Crippen LogP contribution in [0.15, 0.2) is 30.3 Å². The molecule has 0 aliphatic carbocycles. The molecule has 3 N–H and O–H groups in total. The molecule has 23 heavy (non-hydrogen) atoms. The van der Waals surface area contributed by atoms with Gasteiger partial charge >= 0.3 is 0 Å². The Morgan fingerprint density at radius 2 is 1.96 bits per heavy atom. The fraction of sp³-hybridized carbons (Fsp3) is 0.294. The van der Waals surface area contributed by atoms with Gasteiger partial charge in [-0.1, -0.05) is 23.7 Å². The zero-order valence-corrected chi connectivity index (χ0v) is 13.8. The van der Waals surface area contributed by atoms with Gasteiger partial charge < -0.3 is 15.5 Å². The van der Waals surface area contributed by atoms with E-state index in [1.807, 2.05) is 6.92 Å². The van der Waals surface area contributed by atoms with Crippen molar-refractivity contribution >= 4 is 17.5 Å². The van der Waals surface area contributed by atoms with Gasteiger partial charge in [0.1, 0.15) is 10.9 Å². The van der Waals surface area contributed by atoms with Gasteiger partial charge in [-0.25, -0.2) is 4.98 Å². The molecule has 0 bridgehead atoms. The average Bonchev–Trinajstić information content (AvgIpc) is 2.47. The number of carbonyl (C=O) groups excluding carboxylic acids is 1. The highest BCUT2D eigenvalue weighted by Crippen LogP contribution is 2.19. The first-order chi connectivity index (χ1) is 10.9. The van der Waals surface area contributed by atoms with E-state index in [0.717, 1.165) is 16.8 Å². The van der Waals surface area contributed by atoms with Crippen LogP contribution in [0.5, 0.6) is 5.75 Å². The van der Waals surface area contributed by atoms with Crippen molar-refractivity contribution in [1.82, 2.24) is 10.3 Å². The van der Waals surface area contributed by atoms with E-state index in [9.17, 15) is 15.0 Å². The number of amides is 1. The summed E-state index contributed by atoms with van der Waals surface area (Å²) in [6.45, 7) is 3.40. The number of aliphatic hydroxyl groups excluding tert-OH is 1. The second-order valence-electron chi connectivity index (χ2n) is 5.47. The zero-order valence-electron chi connectivity index (χ0n) is 13.0. The number of benzene rings is 1. The van der Waals surface area contributed by atoms with Gasteiger partial charge in [-0.3, -0.25) is 4.79 Å². The van der Waals surface area contributed by atoms with Crippen LogP contribution in [-0.4, -0.2) is 33.8 Å². The number of halogens is 1. The maximum Gasteiger partial charge on any atom is 0.254 e. The molecule has 1 heterocycles. The number of aliphatic hydroxyl groups is 1. The summed E-state index contributed by atoms with van der Waals surface area (Å²) >= 11 is 6.07.